The molecule has 0 aliphatic heterocycles. The molecule has 0 aliphatic rings. The van der Waals surface area contributed by atoms with Crippen LogP contribution in [0.5, 0.6) is 11.5 Å². The van der Waals surface area contributed by atoms with E-state index in [0.29, 0.717) is 60.6 Å². The molecule has 3 rings (SSSR count). The number of anilines is 2. The molecular weight excluding hydrogens is 380 g/mol. The van der Waals surface area contributed by atoms with Crippen molar-refractivity contribution in [3.63, 3.8) is 0 Å². The molecule has 8 heteroatoms. The Hall–Kier alpha value is -4.30. The minimum atomic E-state index is 0.434. The van der Waals surface area contributed by atoms with E-state index in [1.807, 2.05) is 0 Å². The van der Waals surface area contributed by atoms with Gasteiger partial charge < -0.3 is 20.1 Å². The van der Waals surface area contributed by atoms with Crippen LogP contribution < -0.4 is 20.1 Å². The first-order valence-electron chi connectivity index (χ1n) is 9.33. The number of hydrogen-bond acceptors (Lipinski definition) is 8. The van der Waals surface area contributed by atoms with Crippen molar-refractivity contribution in [2.24, 2.45) is 0 Å². The van der Waals surface area contributed by atoms with Crippen LogP contribution in [-0.4, -0.2) is 36.3 Å². The number of nitrogens with zero attached hydrogens (tertiary/aromatic N) is 4. The van der Waals surface area contributed by atoms with Crippen molar-refractivity contribution in [1.29, 1.82) is 10.5 Å². The summed E-state index contributed by atoms with van der Waals surface area (Å²) in [6.45, 7) is 1.94. The first kappa shape index (κ1) is 20.4. The van der Waals surface area contributed by atoms with Crippen molar-refractivity contribution in [2.45, 2.75) is 0 Å². The Balaban J connectivity index is 1.41. The predicted molar refractivity (Wildman–Crippen MR) is 112 cm³/mol. The standard InChI is InChI=1S/C22H20N6O2/c23-15-17-1-5-19(6-2-17)29-13-11-27-21-22(26-10-9-25-21)28-12-14-30-20-7-3-18(16-24)4-8-20/h1-10H,11-14H2,(H,25,27)(H,26,28). The lowest BCUT2D eigenvalue weighted by Gasteiger charge is -2.12. The molecule has 150 valence electrons. The zero-order chi connectivity index (χ0) is 21.0. The zero-order valence-corrected chi connectivity index (χ0v) is 16.2. The van der Waals surface area contributed by atoms with Crippen molar-refractivity contribution >= 4 is 11.6 Å². The molecular formula is C22H20N6O2. The first-order valence-corrected chi connectivity index (χ1v) is 9.33. The summed E-state index contributed by atoms with van der Waals surface area (Å²) in [5, 5.41) is 24.0. The highest BCUT2D eigenvalue weighted by atomic mass is 16.5. The van der Waals surface area contributed by atoms with Crippen LogP contribution in [0.25, 0.3) is 0 Å². The highest BCUT2D eigenvalue weighted by molar-refractivity contribution is 5.58. The van der Waals surface area contributed by atoms with Gasteiger partial charge in [-0.3, -0.25) is 0 Å². The van der Waals surface area contributed by atoms with Gasteiger partial charge in [0, 0.05) is 12.4 Å². The maximum atomic E-state index is 8.81. The maximum absolute atomic E-state index is 8.81. The number of benzene rings is 2. The summed E-state index contributed by atoms with van der Waals surface area (Å²) in [5.41, 5.74) is 1.19. The Kier molecular flexibility index (Phi) is 7.41. The van der Waals surface area contributed by atoms with E-state index in [-0.39, 0.29) is 0 Å². The SMILES string of the molecule is N#Cc1ccc(OCCNc2nccnc2NCCOc2ccc(C#N)cc2)cc1. The molecule has 2 N–H and O–H groups in total. The van der Waals surface area contributed by atoms with Gasteiger partial charge in [0.15, 0.2) is 11.6 Å². The van der Waals surface area contributed by atoms with Crippen molar-refractivity contribution in [3.05, 3.63) is 72.1 Å². The largest absolute Gasteiger partial charge is 0.492 e. The zero-order valence-electron chi connectivity index (χ0n) is 16.2. The minimum Gasteiger partial charge on any atom is -0.492 e. The van der Waals surface area contributed by atoms with Gasteiger partial charge in [-0.05, 0) is 48.5 Å². The van der Waals surface area contributed by atoms with Gasteiger partial charge in [0.25, 0.3) is 0 Å². The molecule has 2 aromatic carbocycles. The van der Waals surface area contributed by atoms with E-state index in [0.717, 1.165) is 0 Å². The lowest BCUT2D eigenvalue weighted by atomic mass is 10.2. The van der Waals surface area contributed by atoms with Crippen LogP contribution in [0.3, 0.4) is 0 Å². The van der Waals surface area contributed by atoms with Crippen LogP contribution in [0, 0.1) is 22.7 Å². The van der Waals surface area contributed by atoms with Crippen molar-refractivity contribution in [2.75, 3.05) is 36.9 Å². The van der Waals surface area contributed by atoms with E-state index in [4.69, 9.17) is 20.0 Å². The summed E-state index contributed by atoms with van der Waals surface area (Å²) >= 11 is 0. The summed E-state index contributed by atoms with van der Waals surface area (Å²) < 4.78 is 11.3. The third-order valence-electron chi connectivity index (χ3n) is 3.99. The molecule has 0 bridgehead atoms. The number of aromatic nitrogens is 2. The Morgan fingerprint density at radius 2 is 1.07 bits per heavy atom. The van der Waals surface area contributed by atoms with E-state index in [1.165, 1.54) is 0 Å². The van der Waals surface area contributed by atoms with Gasteiger partial charge >= 0.3 is 0 Å². The lowest BCUT2D eigenvalue weighted by molar-refractivity contribution is 0.332. The number of rotatable bonds is 10. The van der Waals surface area contributed by atoms with E-state index < -0.39 is 0 Å². The minimum absolute atomic E-state index is 0.434. The molecule has 0 amide bonds. The van der Waals surface area contributed by atoms with E-state index in [9.17, 15) is 0 Å². The van der Waals surface area contributed by atoms with Crippen LogP contribution in [-0.2, 0) is 0 Å². The molecule has 1 aromatic heterocycles. The fraction of sp³-hybridized carbons (Fsp3) is 0.182. The Morgan fingerprint density at radius 1 is 0.667 bits per heavy atom. The van der Waals surface area contributed by atoms with Crippen LogP contribution in [0.2, 0.25) is 0 Å². The molecule has 0 saturated heterocycles. The number of hydrogen-bond donors (Lipinski definition) is 2. The second-order valence-corrected chi connectivity index (χ2v) is 6.08. The molecule has 30 heavy (non-hydrogen) atoms. The van der Waals surface area contributed by atoms with Crippen LogP contribution in [0.1, 0.15) is 11.1 Å². The Labute approximate surface area is 174 Å². The molecule has 0 atom stereocenters. The highest BCUT2D eigenvalue weighted by Crippen LogP contribution is 2.15. The number of ether oxygens (including phenoxy) is 2. The summed E-state index contributed by atoms with van der Waals surface area (Å²) in [6, 6.07) is 18.1. The van der Waals surface area contributed by atoms with Crippen LogP contribution in [0.15, 0.2) is 60.9 Å². The van der Waals surface area contributed by atoms with Gasteiger partial charge in [-0.15, -0.1) is 0 Å². The molecule has 8 nitrogen and oxygen atoms in total. The van der Waals surface area contributed by atoms with Gasteiger partial charge in [-0.25, -0.2) is 9.97 Å². The van der Waals surface area contributed by atoms with Gasteiger partial charge in [0.1, 0.15) is 24.7 Å². The smallest absolute Gasteiger partial charge is 0.169 e. The summed E-state index contributed by atoms with van der Waals surface area (Å²) in [5.74, 6) is 2.65. The normalized spacial score (nSPS) is 9.80. The topological polar surface area (TPSA) is 116 Å². The number of nitrogens with one attached hydrogen (secondary N) is 2. The first-order chi connectivity index (χ1) is 14.8. The van der Waals surface area contributed by atoms with Gasteiger partial charge in [0.05, 0.1) is 36.4 Å². The van der Waals surface area contributed by atoms with Crippen LogP contribution >= 0.6 is 0 Å². The fourth-order valence-corrected chi connectivity index (χ4v) is 2.52. The molecule has 0 radical (unpaired) electrons. The molecule has 0 aliphatic carbocycles. The van der Waals surface area contributed by atoms with Crippen LogP contribution in [0.4, 0.5) is 11.6 Å². The van der Waals surface area contributed by atoms with Crippen molar-refractivity contribution in [3.8, 4) is 23.6 Å². The van der Waals surface area contributed by atoms with Crippen molar-refractivity contribution in [1.82, 2.24) is 9.97 Å². The molecule has 0 spiro atoms. The second kappa shape index (κ2) is 10.9. The average molecular weight is 400 g/mol. The Morgan fingerprint density at radius 3 is 1.43 bits per heavy atom. The summed E-state index contributed by atoms with van der Waals surface area (Å²) in [4.78, 5) is 8.61. The summed E-state index contributed by atoms with van der Waals surface area (Å²) in [7, 11) is 0. The predicted octanol–water partition coefficient (Wildman–Crippen LogP) is 3.20. The number of nitriles is 2. The fourth-order valence-electron chi connectivity index (χ4n) is 2.52. The average Bonchev–Trinajstić information content (AvgIpc) is 2.81. The monoisotopic (exact) mass is 400 g/mol. The lowest BCUT2D eigenvalue weighted by Crippen LogP contribution is -2.17. The molecule has 0 fully saturated rings. The van der Waals surface area contributed by atoms with E-state index in [1.54, 1.807) is 60.9 Å². The molecule has 3 aromatic rings. The Bertz CT molecular complexity index is 939. The molecule has 1 heterocycles. The molecule has 0 unspecified atom stereocenters. The van der Waals surface area contributed by atoms with Crippen molar-refractivity contribution < 1.29 is 9.47 Å². The third-order valence-corrected chi connectivity index (χ3v) is 3.99. The third kappa shape index (κ3) is 6.11. The van der Waals surface area contributed by atoms with Gasteiger partial charge in [0.2, 0.25) is 0 Å². The van der Waals surface area contributed by atoms with E-state index >= 15 is 0 Å². The van der Waals surface area contributed by atoms with Gasteiger partial charge in [-0.2, -0.15) is 10.5 Å². The highest BCUT2D eigenvalue weighted by Gasteiger charge is 2.04. The van der Waals surface area contributed by atoms with E-state index in [2.05, 4.69) is 32.7 Å². The maximum Gasteiger partial charge on any atom is 0.169 e. The quantitative estimate of drug-likeness (QED) is 0.499. The van der Waals surface area contributed by atoms with Gasteiger partial charge in [-0.1, -0.05) is 0 Å². The molecule has 0 saturated carbocycles. The summed E-state index contributed by atoms with van der Waals surface area (Å²) in [6.07, 6.45) is 3.23. The second-order valence-electron chi connectivity index (χ2n) is 6.08.